The number of rotatable bonds is 4. The zero-order valence-corrected chi connectivity index (χ0v) is 14.4. The van der Waals surface area contributed by atoms with Crippen LogP contribution in [0.4, 0.5) is 4.39 Å². The Labute approximate surface area is 145 Å². The summed E-state index contributed by atoms with van der Waals surface area (Å²) in [4.78, 5) is 20.8. The first kappa shape index (κ1) is 16.9. The summed E-state index contributed by atoms with van der Waals surface area (Å²) in [6.45, 7) is 1.82. The smallest absolute Gasteiger partial charge is 0.251 e. The highest BCUT2D eigenvalue weighted by Gasteiger charge is 2.24. The predicted molar refractivity (Wildman–Crippen MR) is 92.5 cm³/mol. The van der Waals surface area contributed by atoms with E-state index < -0.39 is 0 Å². The van der Waals surface area contributed by atoms with E-state index in [1.165, 1.54) is 12.1 Å². The van der Waals surface area contributed by atoms with Crippen molar-refractivity contribution in [1.29, 1.82) is 0 Å². The average Bonchev–Trinajstić information content (AvgIpc) is 2.59. The van der Waals surface area contributed by atoms with Gasteiger partial charge in [-0.3, -0.25) is 4.79 Å². The molecule has 6 heteroatoms. The van der Waals surface area contributed by atoms with Crippen LogP contribution in [0.5, 0.6) is 0 Å². The molecule has 1 N–H and O–H groups in total. The van der Waals surface area contributed by atoms with E-state index in [0.717, 1.165) is 36.4 Å². The second kappa shape index (κ2) is 7.75. The van der Waals surface area contributed by atoms with Gasteiger partial charge in [0.05, 0.1) is 0 Å². The number of benzene rings is 1. The fraction of sp³-hybridized carbons (Fsp3) is 0.389. The third-order valence-corrected chi connectivity index (χ3v) is 5.49. The Balaban J connectivity index is 1.52. The molecule has 126 valence electrons. The minimum absolute atomic E-state index is 0.147. The van der Waals surface area contributed by atoms with Crippen molar-refractivity contribution in [1.82, 2.24) is 15.3 Å². The van der Waals surface area contributed by atoms with Gasteiger partial charge in [-0.25, -0.2) is 14.4 Å². The van der Waals surface area contributed by atoms with Gasteiger partial charge >= 0.3 is 0 Å². The molecule has 24 heavy (non-hydrogen) atoms. The lowest BCUT2D eigenvalue weighted by Crippen LogP contribution is -2.38. The van der Waals surface area contributed by atoms with E-state index in [-0.39, 0.29) is 17.8 Å². The Morgan fingerprint density at radius 1 is 1.21 bits per heavy atom. The standard InChI is InChI=1S/C18H20FN3OS/c1-12-3-4-13(19)11-16(12)17(23)22-14-5-7-15(8-6-14)24-18-20-9-2-10-21-18/h2-4,9-11,14-15H,5-8H2,1H3,(H,22,23). The van der Waals surface area contributed by atoms with Crippen LogP contribution < -0.4 is 5.32 Å². The number of nitrogens with zero attached hydrogens (tertiary/aromatic N) is 2. The lowest BCUT2D eigenvalue weighted by molar-refractivity contribution is 0.0927. The predicted octanol–water partition coefficient (Wildman–Crippen LogP) is 3.76. The summed E-state index contributed by atoms with van der Waals surface area (Å²) in [5.41, 5.74) is 1.21. The molecule has 1 fully saturated rings. The van der Waals surface area contributed by atoms with Gasteiger partial charge in [0.15, 0.2) is 5.16 Å². The zero-order valence-electron chi connectivity index (χ0n) is 13.5. The summed E-state index contributed by atoms with van der Waals surface area (Å²) in [5.74, 6) is -0.566. The molecule has 1 aromatic heterocycles. The number of hydrogen-bond donors (Lipinski definition) is 1. The van der Waals surface area contributed by atoms with E-state index >= 15 is 0 Å². The van der Waals surface area contributed by atoms with Crippen molar-refractivity contribution in [3.63, 3.8) is 0 Å². The van der Waals surface area contributed by atoms with Crippen LogP contribution in [0.2, 0.25) is 0 Å². The van der Waals surface area contributed by atoms with Crippen molar-refractivity contribution in [2.45, 2.75) is 49.1 Å². The van der Waals surface area contributed by atoms with Gasteiger partial charge in [0, 0.05) is 29.2 Å². The van der Waals surface area contributed by atoms with Crippen molar-refractivity contribution in [3.8, 4) is 0 Å². The highest BCUT2D eigenvalue weighted by atomic mass is 32.2. The van der Waals surface area contributed by atoms with E-state index in [4.69, 9.17) is 0 Å². The molecule has 1 aromatic carbocycles. The Hall–Kier alpha value is -1.95. The van der Waals surface area contributed by atoms with Crippen molar-refractivity contribution >= 4 is 17.7 Å². The molecular weight excluding hydrogens is 325 g/mol. The van der Waals surface area contributed by atoms with Gasteiger partial charge in [-0.05, 0) is 56.4 Å². The number of aryl methyl sites for hydroxylation is 1. The van der Waals surface area contributed by atoms with Crippen molar-refractivity contribution in [2.75, 3.05) is 0 Å². The van der Waals surface area contributed by atoms with Gasteiger partial charge in [-0.15, -0.1) is 0 Å². The maximum absolute atomic E-state index is 13.3. The van der Waals surface area contributed by atoms with E-state index in [1.54, 1.807) is 30.2 Å². The van der Waals surface area contributed by atoms with Crippen LogP contribution >= 0.6 is 11.8 Å². The quantitative estimate of drug-likeness (QED) is 0.857. The number of aromatic nitrogens is 2. The van der Waals surface area contributed by atoms with Crippen molar-refractivity contribution < 1.29 is 9.18 Å². The Morgan fingerprint density at radius 3 is 2.62 bits per heavy atom. The summed E-state index contributed by atoms with van der Waals surface area (Å²) in [6.07, 6.45) is 7.37. The van der Waals surface area contributed by atoms with Crippen LogP contribution in [0.1, 0.15) is 41.6 Å². The largest absolute Gasteiger partial charge is 0.349 e. The fourth-order valence-electron chi connectivity index (χ4n) is 2.92. The van der Waals surface area contributed by atoms with Gasteiger partial charge in [0.1, 0.15) is 5.82 Å². The number of carbonyl (C=O) groups excluding carboxylic acids is 1. The normalized spacial score (nSPS) is 20.6. The summed E-state index contributed by atoms with van der Waals surface area (Å²) in [6, 6.07) is 6.27. The minimum Gasteiger partial charge on any atom is -0.349 e. The van der Waals surface area contributed by atoms with Crippen LogP contribution in [-0.4, -0.2) is 27.2 Å². The first-order chi connectivity index (χ1) is 11.6. The molecule has 1 aliphatic carbocycles. The molecule has 4 nitrogen and oxygen atoms in total. The molecule has 0 spiro atoms. The van der Waals surface area contributed by atoms with E-state index in [0.29, 0.717) is 10.8 Å². The topological polar surface area (TPSA) is 54.9 Å². The number of carbonyl (C=O) groups is 1. The maximum atomic E-state index is 13.3. The monoisotopic (exact) mass is 345 g/mol. The maximum Gasteiger partial charge on any atom is 0.251 e. The Kier molecular flexibility index (Phi) is 5.45. The first-order valence-electron chi connectivity index (χ1n) is 8.12. The van der Waals surface area contributed by atoms with Crippen LogP contribution in [0.3, 0.4) is 0 Å². The summed E-state index contributed by atoms with van der Waals surface area (Å²) in [5, 5.41) is 4.33. The van der Waals surface area contributed by atoms with Crippen molar-refractivity contribution in [2.24, 2.45) is 0 Å². The lowest BCUT2D eigenvalue weighted by Gasteiger charge is -2.28. The van der Waals surface area contributed by atoms with Crippen molar-refractivity contribution in [3.05, 3.63) is 53.6 Å². The van der Waals surface area contributed by atoms with E-state index in [9.17, 15) is 9.18 Å². The van der Waals surface area contributed by atoms with E-state index in [1.807, 2.05) is 13.0 Å². The number of amides is 1. The SMILES string of the molecule is Cc1ccc(F)cc1C(=O)NC1CCC(Sc2ncccn2)CC1. The molecule has 1 saturated carbocycles. The van der Waals surface area contributed by atoms with Gasteiger partial charge in [0.2, 0.25) is 0 Å². The molecule has 1 amide bonds. The van der Waals surface area contributed by atoms with Crippen LogP contribution in [-0.2, 0) is 0 Å². The van der Waals surface area contributed by atoms with Crippen LogP contribution in [0, 0.1) is 12.7 Å². The zero-order chi connectivity index (χ0) is 16.9. The van der Waals surface area contributed by atoms with Gasteiger partial charge in [-0.1, -0.05) is 17.8 Å². The molecule has 0 bridgehead atoms. The third-order valence-electron chi connectivity index (χ3n) is 4.27. The summed E-state index contributed by atoms with van der Waals surface area (Å²) < 4.78 is 13.3. The molecule has 1 aliphatic rings. The second-order valence-corrected chi connectivity index (χ2v) is 7.32. The van der Waals surface area contributed by atoms with Crippen LogP contribution in [0.25, 0.3) is 0 Å². The second-order valence-electron chi connectivity index (χ2n) is 6.06. The van der Waals surface area contributed by atoms with Gasteiger partial charge in [-0.2, -0.15) is 0 Å². The highest BCUT2D eigenvalue weighted by molar-refractivity contribution is 7.99. The lowest BCUT2D eigenvalue weighted by atomic mass is 9.94. The molecule has 0 unspecified atom stereocenters. The first-order valence-corrected chi connectivity index (χ1v) is 9.00. The number of halogens is 1. The highest BCUT2D eigenvalue weighted by Crippen LogP contribution is 2.31. The van der Waals surface area contributed by atoms with Gasteiger partial charge in [0.25, 0.3) is 5.91 Å². The van der Waals surface area contributed by atoms with Gasteiger partial charge < -0.3 is 5.32 Å². The fourth-order valence-corrected chi connectivity index (χ4v) is 3.97. The molecule has 0 radical (unpaired) electrons. The third kappa shape index (κ3) is 4.32. The minimum atomic E-state index is -0.381. The molecular formula is C18H20FN3OS. The molecule has 0 aliphatic heterocycles. The summed E-state index contributed by atoms with van der Waals surface area (Å²) in [7, 11) is 0. The molecule has 0 atom stereocenters. The Bertz CT molecular complexity index is 703. The summed E-state index contributed by atoms with van der Waals surface area (Å²) >= 11 is 1.70. The Morgan fingerprint density at radius 2 is 1.92 bits per heavy atom. The molecule has 1 heterocycles. The van der Waals surface area contributed by atoms with E-state index in [2.05, 4.69) is 15.3 Å². The molecule has 3 rings (SSSR count). The average molecular weight is 345 g/mol. The number of thioether (sulfide) groups is 1. The molecule has 2 aromatic rings. The number of nitrogens with one attached hydrogen (secondary N) is 1. The number of hydrogen-bond acceptors (Lipinski definition) is 4. The molecule has 0 saturated heterocycles. The van der Waals surface area contributed by atoms with Crippen LogP contribution in [0.15, 0.2) is 41.8 Å².